The molecule has 0 saturated heterocycles. The topological polar surface area (TPSA) is 41.1 Å². The zero-order valence-electron chi connectivity index (χ0n) is 9.55. The molecule has 0 aliphatic carbocycles. The lowest BCUT2D eigenvalue weighted by Crippen LogP contribution is -2.35. The summed E-state index contributed by atoms with van der Waals surface area (Å²) in [6.07, 6.45) is 0.897. The first kappa shape index (κ1) is 13.7. The Labute approximate surface area is 109 Å². The van der Waals surface area contributed by atoms with Gasteiger partial charge in [-0.3, -0.25) is 4.79 Å². The summed E-state index contributed by atoms with van der Waals surface area (Å²) < 4.78 is 1.14. The molecule has 1 heterocycles. The predicted molar refractivity (Wildman–Crippen MR) is 71.8 cm³/mol. The van der Waals surface area contributed by atoms with E-state index in [0.717, 1.165) is 16.8 Å². The fourth-order valence-electron chi connectivity index (χ4n) is 1.37. The molecule has 0 bridgehead atoms. The molecular weight excluding hydrogens is 288 g/mol. The van der Waals surface area contributed by atoms with Gasteiger partial charge in [0, 0.05) is 23.9 Å². The summed E-state index contributed by atoms with van der Waals surface area (Å²) >= 11 is 5.13. The molecule has 90 valence electrons. The number of carbonyl (C=O) groups excluding carboxylic acids is 1. The second kappa shape index (κ2) is 7.04. The molecule has 1 amide bonds. The van der Waals surface area contributed by atoms with Crippen LogP contribution in [0.5, 0.6) is 0 Å². The van der Waals surface area contributed by atoms with E-state index in [1.165, 1.54) is 4.88 Å². The van der Waals surface area contributed by atoms with E-state index in [4.69, 9.17) is 0 Å². The first-order valence-corrected chi connectivity index (χ1v) is 6.91. The highest BCUT2D eigenvalue weighted by atomic mass is 79.9. The van der Waals surface area contributed by atoms with E-state index >= 15 is 0 Å². The van der Waals surface area contributed by atoms with Crippen molar-refractivity contribution < 1.29 is 4.79 Å². The molecule has 16 heavy (non-hydrogen) atoms. The minimum Gasteiger partial charge on any atom is -0.355 e. The molecule has 0 saturated carbocycles. The third-order valence-electron chi connectivity index (χ3n) is 2.26. The van der Waals surface area contributed by atoms with Gasteiger partial charge in [-0.05, 0) is 41.5 Å². The molecule has 5 heteroatoms. The van der Waals surface area contributed by atoms with Crippen LogP contribution in [0.1, 0.15) is 11.8 Å². The molecule has 0 aliphatic heterocycles. The van der Waals surface area contributed by atoms with Gasteiger partial charge in [0.2, 0.25) is 5.91 Å². The maximum atomic E-state index is 11.6. The van der Waals surface area contributed by atoms with Crippen LogP contribution < -0.4 is 10.6 Å². The van der Waals surface area contributed by atoms with E-state index < -0.39 is 0 Å². The van der Waals surface area contributed by atoms with Crippen LogP contribution in [0, 0.1) is 5.92 Å². The average molecular weight is 305 g/mol. The normalized spacial score (nSPS) is 12.4. The Morgan fingerprint density at radius 2 is 2.31 bits per heavy atom. The second-order valence-corrected chi connectivity index (χ2v) is 6.25. The van der Waals surface area contributed by atoms with Gasteiger partial charge >= 0.3 is 0 Å². The third-order valence-corrected chi connectivity index (χ3v) is 3.94. The van der Waals surface area contributed by atoms with E-state index in [-0.39, 0.29) is 11.8 Å². The maximum absolute atomic E-state index is 11.6. The van der Waals surface area contributed by atoms with Gasteiger partial charge in [-0.15, -0.1) is 11.3 Å². The van der Waals surface area contributed by atoms with Gasteiger partial charge in [0.15, 0.2) is 0 Å². The van der Waals surface area contributed by atoms with Crippen molar-refractivity contribution in [3.63, 3.8) is 0 Å². The van der Waals surface area contributed by atoms with Crippen molar-refractivity contribution in [3.8, 4) is 0 Å². The molecule has 3 nitrogen and oxygen atoms in total. The molecular formula is C11H17BrN2OS. The summed E-state index contributed by atoms with van der Waals surface area (Å²) in [5.41, 5.74) is 0. The van der Waals surface area contributed by atoms with Gasteiger partial charge in [0.25, 0.3) is 0 Å². The van der Waals surface area contributed by atoms with Crippen LogP contribution in [0.15, 0.2) is 15.9 Å². The molecule has 0 fully saturated rings. The Bertz CT molecular complexity index is 340. The summed E-state index contributed by atoms with van der Waals surface area (Å²) in [5.74, 6) is 0.144. The summed E-state index contributed by atoms with van der Waals surface area (Å²) in [5, 5.41) is 5.93. The number of hydrogen-bond acceptors (Lipinski definition) is 3. The van der Waals surface area contributed by atoms with Gasteiger partial charge in [0.05, 0.1) is 3.79 Å². The number of nitrogens with one attached hydrogen (secondary N) is 2. The Balaban J connectivity index is 2.22. The Morgan fingerprint density at radius 1 is 1.56 bits per heavy atom. The largest absolute Gasteiger partial charge is 0.355 e. The van der Waals surface area contributed by atoms with E-state index in [1.54, 1.807) is 11.3 Å². The highest BCUT2D eigenvalue weighted by Gasteiger charge is 2.10. The maximum Gasteiger partial charge on any atom is 0.224 e. The molecule has 1 atom stereocenters. The molecule has 0 radical (unpaired) electrons. The van der Waals surface area contributed by atoms with Gasteiger partial charge in [-0.25, -0.2) is 0 Å². The number of thiophene rings is 1. The minimum absolute atomic E-state index is 0.0278. The SMILES string of the molecule is CNCC(C)C(=O)NCCc1ccc(Br)s1. The van der Waals surface area contributed by atoms with Gasteiger partial charge in [-0.2, -0.15) is 0 Å². The first-order chi connectivity index (χ1) is 7.63. The van der Waals surface area contributed by atoms with Crippen molar-refractivity contribution in [2.45, 2.75) is 13.3 Å². The van der Waals surface area contributed by atoms with Crippen molar-refractivity contribution >= 4 is 33.2 Å². The number of carbonyl (C=O) groups is 1. The Kier molecular flexibility index (Phi) is 6.01. The highest BCUT2D eigenvalue weighted by molar-refractivity contribution is 9.11. The summed E-state index contributed by atoms with van der Waals surface area (Å²) in [4.78, 5) is 12.9. The molecule has 1 aromatic heterocycles. The van der Waals surface area contributed by atoms with Crippen LogP contribution in [0.4, 0.5) is 0 Å². The van der Waals surface area contributed by atoms with Crippen molar-refractivity contribution in [2.75, 3.05) is 20.1 Å². The first-order valence-electron chi connectivity index (χ1n) is 5.30. The molecule has 1 rings (SSSR count). The standard InChI is InChI=1S/C11H17BrN2OS/c1-8(7-13-2)11(15)14-6-5-9-3-4-10(12)16-9/h3-4,8,13H,5-7H2,1-2H3,(H,14,15). The molecule has 2 N–H and O–H groups in total. The van der Waals surface area contributed by atoms with Crippen LogP contribution >= 0.6 is 27.3 Å². The summed E-state index contributed by atoms with van der Waals surface area (Å²) in [7, 11) is 1.85. The quantitative estimate of drug-likeness (QED) is 0.844. The Morgan fingerprint density at radius 3 is 2.88 bits per heavy atom. The van der Waals surface area contributed by atoms with Crippen LogP contribution in [0.25, 0.3) is 0 Å². The van der Waals surface area contributed by atoms with E-state index in [9.17, 15) is 4.79 Å². The fourth-order valence-corrected chi connectivity index (χ4v) is 2.85. The summed E-state index contributed by atoms with van der Waals surface area (Å²) in [6.45, 7) is 3.35. The van der Waals surface area contributed by atoms with E-state index in [2.05, 4.69) is 32.6 Å². The van der Waals surface area contributed by atoms with Crippen molar-refractivity contribution in [1.82, 2.24) is 10.6 Å². The number of hydrogen-bond donors (Lipinski definition) is 2. The van der Waals surface area contributed by atoms with Gasteiger partial charge in [-0.1, -0.05) is 6.92 Å². The van der Waals surface area contributed by atoms with Crippen LogP contribution in [0.3, 0.4) is 0 Å². The van der Waals surface area contributed by atoms with Gasteiger partial charge in [0.1, 0.15) is 0 Å². The zero-order valence-corrected chi connectivity index (χ0v) is 12.0. The fraction of sp³-hybridized carbons (Fsp3) is 0.545. The van der Waals surface area contributed by atoms with Gasteiger partial charge < -0.3 is 10.6 Å². The zero-order chi connectivity index (χ0) is 12.0. The number of halogens is 1. The predicted octanol–water partition coefficient (Wildman–Crippen LogP) is 2.02. The van der Waals surface area contributed by atoms with Crippen LogP contribution in [-0.4, -0.2) is 26.0 Å². The molecule has 0 aromatic carbocycles. The molecule has 0 aliphatic rings. The average Bonchev–Trinajstić information content (AvgIpc) is 2.64. The lowest BCUT2D eigenvalue weighted by molar-refractivity contribution is -0.124. The van der Waals surface area contributed by atoms with E-state index in [1.807, 2.05) is 20.0 Å². The molecule has 1 aromatic rings. The molecule has 0 spiro atoms. The second-order valence-electron chi connectivity index (χ2n) is 3.71. The van der Waals surface area contributed by atoms with Crippen molar-refractivity contribution in [3.05, 3.63) is 20.8 Å². The van der Waals surface area contributed by atoms with Crippen LogP contribution in [-0.2, 0) is 11.2 Å². The Hall–Kier alpha value is -0.390. The van der Waals surface area contributed by atoms with E-state index in [0.29, 0.717) is 6.54 Å². The molecule has 1 unspecified atom stereocenters. The summed E-state index contributed by atoms with van der Waals surface area (Å²) in [6, 6.07) is 4.11. The highest BCUT2D eigenvalue weighted by Crippen LogP contribution is 2.21. The van der Waals surface area contributed by atoms with Crippen molar-refractivity contribution in [1.29, 1.82) is 0 Å². The van der Waals surface area contributed by atoms with Crippen LogP contribution in [0.2, 0.25) is 0 Å². The monoisotopic (exact) mass is 304 g/mol. The smallest absolute Gasteiger partial charge is 0.224 e. The number of rotatable bonds is 6. The number of amides is 1. The van der Waals surface area contributed by atoms with Crippen molar-refractivity contribution in [2.24, 2.45) is 5.92 Å². The lowest BCUT2D eigenvalue weighted by Gasteiger charge is -2.10. The third kappa shape index (κ3) is 4.63. The minimum atomic E-state index is 0.0278. The lowest BCUT2D eigenvalue weighted by atomic mass is 10.1.